The zero-order chi connectivity index (χ0) is 11.8. The standard InChI is InChI=1S/C9H5BrF3N3/c10-8-5(4-15-16-8)7-6(9(11,12)13)2-1-3-14-7/h1-4H,(H,15,16). The van der Waals surface area contributed by atoms with E-state index < -0.39 is 11.7 Å². The van der Waals surface area contributed by atoms with Gasteiger partial charge in [-0.3, -0.25) is 10.1 Å². The fraction of sp³-hybridized carbons (Fsp3) is 0.111. The average molecular weight is 292 g/mol. The molecule has 0 saturated heterocycles. The van der Waals surface area contributed by atoms with Crippen LogP contribution in [0.3, 0.4) is 0 Å². The molecule has 0 atom stereocenters. The van der Waals surface area contributed by atoms with Crippen molar-refractivity contribution in [3.8, 4) is 11.3 Å². The number of nitrogens with one attached hydrogen (secondary N) is 1. The molecule has 2 rings (SSSR count). The van der Waals surface area contributed by atoms with Crippen molar-refractivity contribution in [1.29, 1.82) is 0 Å². The van der Waals surface area contributed by atoms with Crippen LogP contribution in [0.25, 0.3) is 11.3 Å². The maximum absolute atomic E-state index is 12.7. The van der Waals surface area contributed by atoms with Crippen LogP contribution in [0.4, 0.5) is 13.2 Å². The summed E-state index contributed by atoms with van der Waals surface area (Å²) < 4.78 is 38.4. The first-order valence-electron chi connectivity index (χ1n) is 4.21. The Morgan fingerprint density at radius 1 is 1.31 bits per heavy atom. The molecule has 84 valence electrons. The van der Waals surface area contributed by atoms with Gasteiger partial charge in [0.2, 0.25) is 0 Å². The summed E-state index contributed by atoms with van der Waals surface area (Å²) in [6.45, 7) is 0. The lowest BCUT2D eigenvalue weighted by atomic mass is 10.1. The molecule has 0 unspecified atom stereocenters. The molecule has 7 heteroatoms. The maximum atomic E-state index is 12.7. The summed E-state index contributed by atoms with van der Waals surface area (Å²) in [5, 5.41) is 6.15. The molecule has 0 aliphatic carbocycles. The van der Waals surface area contributed by atoms with Crippen LogP contribution in [0, 0.1) is 0 Å². The second-order valence-corrected chi connectivity index (χ2v) is 3.79. The first kappa shape index (κ1) is 11.1. The monoisotopic (exact) mass is 291 g/mol. The van der Waals surface area contributed by atoms with Gasteiger partial charge in [-0.15, -0.1) is 0 Å². The molecule has 16 heavy (non-hydrogen) atoms. The Morgan fingerprint density at radius 3 is 2.62 bits per heavy atom. The van der Waals surface area contributed by atoms with E-state index in [9.17, 15) is 13.2 Å². The Morgan fingerprint density at radius 2 is 2.06 bits per heavy atom. The van der Waals surface area contributed by atoms with Gasteiger partial charge in [0, 0.05) is 6.20 Å². The molecular formula is C9H5BrF3N3. The van der Waals surface area contributed by atoms with Gasteiger partial charge in [-0.05, 0) is 28.1 Å². The van der Waals surface area contributed by atoms with E-state index in [1.54, 1.807) is 0 Å². The van der Waals surface area contributed by atoms with Crippen LogP contribution in [-0.2, 0) is 6.18 Å². The molecule has 1 N–H and O–H groups in total. The lowest BCUT2D eigenvalue weighted by Crippen LogP contribution is -2.08. The van der Waals surface area contributed by atoms with Crippen molar-refractivity contribution in [2.75, 3.05) is 0 Å². The topological polar surface area (TPSA) is 41.6 Å². The molecule has 0 aliphatic rings. The minimum absolute atomic E-state index is 0.143. The van der Waals surface area contributed by atoms with E-state index in [1.165, 1.54) is 18.5 Å². The molecule has 0 saturated carbocycles. The number of aromatic amines is 1. The minimum atomic E-state index is -4.43. The minimum Gasteiger partial charge on any atom is -0.271 e. The van der Waals surface area contributed by atoms with Crippen molar-refractivity contribution in [1.82, 2.24) is 15.2 Å². The highest BCUT2D eigenvalue weighted by Crippen LogP contribution is 2.37. The van der Waals surface area contributed by atoms with Crippen LogP contribution in [0.5, 0.6) is 0 Å². The summed E-state index contributed by atoms with van der Waals surface area (Å²) in [4.78, 5) is 3.74. The van der Waals surface area contributed by atoms with E-state index in [0.717, 1.165) is 6.07 Å². The zero-order valence-corrected chi connectivity index (χ0v) is 9.30. The summed E-state index contributed by atoms with van der Waals surface area (Å²) in [6.07, 6.45) is -1.83. The summed E-state index contributed by atoms with van der Waals surface area (Å²) in [5.41, 5.74) is -0.638. The quantitative estimate of drug-likeness (QED) is 0.876. The van der Waals surface area contributed by atoms with Crippen molar-refractivity contribution in [2.45, 2.75) is 6.18 Å². The number of halogens is 4. The van der Waals surface area contributed by atoms with Crippen LogP contribution in [-0.4, -0.2) is 15.2 Å². The normalized spacial score (nSPS) is 11.8. The molecule has 0 radical (unpaired) electrons. The number of hydrogen-bond donors (Lipinski definition) is 1. The number of H-pyrrole nitrogens is 1. The number of rotatable bonds is 1. The first-order valence-corrected chi connectivity index (χ1v) is 5.01. The first-order chi connectivity index (χ1) is 7.50. The molecule has 0 aromatic carbocycles. The molecular weight excluding hydrogens is 287 g/mol. The van der Waals surface area contributed by atoms with Gasteiger partial charge in [0.1, 0.15) is 4.60 Å². The van der Waals surface area contributed by atoms with E-state index in [-0.39, 0.29) is 11.3 Å². The predicted octanol–water partition coefficient (Wildman–Crippen LogP) is 3.25. The Bertz CT molecular complexity index is 507. The van der Waals surface area contributed by atoms with E-state index in [2.05, 4.69) is 31.1 Å². The van der Waals surface area contributed by atoms with Crippen molar-refractivity contribution in [3.05, 3.63) is 34.7 Å². The molecule has 3 nitrogen and oxygen atoms in total. The van der Waals surface area contributed by atoms with Crippen molar-refractivity contribution in [3.63, 3.8) is 0 Å². The molecule has 2 heterocycles. The lowest BCUT2D eigenvalue weighted by molar-refractivity contribution is -0.137. The zero-order valence-electron chi connectivity index (χ0n) is 7.72. The van der Waals surface area contributed by atoms with Gasteiger partial charge in [-0.2, -0.15) is 18.3 Å². The van der Waals surface area contributed by atoms with Gasteiger partial charge >= 0.3 is 6.18 Å². The summed E-state index contributed by atoms with van der Waals surface area (Å²) in [5.74, 6) is 0. The number of aromatic nitrogens is 3. The van der Waals surface area contributed by atoms with E-state index in [0.29, 0.717) is 4.60 Å². The largest absolute Gasteiger partial charge is 0.418 e. The molecule has 0 bridgehead atoms. The van der Waals surface area contributed by atoms with E-state index in [4.69, 9.17) is 0 Å². The van der Waals surface area contributed by atoms with Crippen LogP contribution < -0.4 is 0 Å². The third kappa shape index (κ3) is 1.95. The molecule has 0 amide bonds. The van der Waals surface area contributed by atoms with Crippen LogP contribution >= 0.6 is 15.9 Å². The Balaban J connectivity index is 2.62. The van der Waals surface area contributed by atoms with Gasteiger partial charge in [-0.25, -0.2) is 0 Å². The van der Waals surface area contributed by atoms with Gasteiger partial charge in [0.15, 0.2) is 0 Å². The summed E-state index contributed by atoms with van der Waals surface area (Å²) >= 11 is 3.08. The SMILES string of the molecule is FC(F)(F)c1cccnc1-c1cn[nH]c1Br. The molecule has 2 aromatic heterocycles. The number of nitrogens with zero attached hydrogens (tertiary/aromatic N) is 2. The van der Waals surface area contributed by atoms with Crippen LogP contribution in [0.2, 0.25) is 0 Å². The fourth-order valence-corrected chi connectivity index (χ4v) is 1.68. The molecule has 2 aromatic rings. The van der Waals surface area contributed by atoms with E-state index >= 15 is 0 Å². The van der Waals surface area contributed by atoms with Crippen molar-refractivity contribution in [2.24, 2.45) is 0 Å². The smallest absolute Gasteiger partial charge is 0.271 e. The maximum Gasteiger partial charge on any atom is 0.418 e. The fourth-order valence-electron chi connectivity index (χ4n) is 1.28. The summed E-state index contributed by atoms with van der Waals surface area (Å²) in [7, 11) is 0. The van der Waals surface area contributed by atoms with Gasteiger partial charge in [-0.1, -0.05) is 0 Å². The molecule has 0 aliphatic heterocycles. The highest BCUT2D eigenvalue weighted by atomic mass is 79.9. The van der Waals surface area contributed by atoms with Crippen LogP contribution in [0.1, 0.15) is 5.56 Å². The predicted molar refractivity (Wildman–Crippen MR) is 54.5 cm³/mol. The Hall–Kier alpha value is -1.37. The Kier molecular flexibility index (Phi) is 2.71. The number of alkyl halides is 3. The molecule has 0 fully saturated rings. The van der Waals surface area contributed by atoms with Crippen molar-refractivity contribution >= 4 is 15.9 Å². The van der Waals surface area contributed by atoms with E-state index in [1.807, 2.05) is 0 Å². The summed E-state index contributed by atoms with van der Waals surface area (Å²) in [6, 6.07) is 2.24. The second-order valence-electron chi connectivity index (χ2n) is 2.99. The highest BCUT2D eigenvalue weighted by molar-refractivity contribution is 9.10. The highest BCUT2D eigenvalue weighted by Gasteiger charge is 2.34. The van der Waals surface area contributed by atoms with Crippen LogP contribution in [0.15, 0.2) is 29.1 Å². The van der Waals surface area contributed by atoms with Gasteiger partial charge in [0.25, 0.3) is 0 Å². The third-order valence-corrected chi connectivity index (χ3v) is 2.57. The van der Waals surface area contributed by atoms with Gasteiger partial charge < -0.3 is 0 Å². The van der Waals surface area contributed by atoms with Crippen molar-refractivity contribution < 1.29 is 13.2 Å². The second kappa shape index (κ2) is 3.89. The lowest BCUT2D eigenvalue weighted by Gasteiger charge is -2.10. The average Bonchev–Trinajstić information content (AvgIpc) is 2.63. The third-order valence-electron chi connectivity index (χ3n) is 1.96. The number of pyridine rings is 1. The molecule has 0 spiro atoms. The number of hydrogen-bond acceptors (Lipinski definition) is 2. The van der Waals surface area contributed by atoms with Gasteiger partial charge in [0.05, 0.1) is 23.0 Å². The Labute approximate surface area is 96.8 Å².